The molecule has 4 rings (SSSR count). The van der Waals surface area contributed by atoms with Gasteiger partial charge in [-0.1, -0.05) is 24.6 Å². The number of nitrogens with zero attached hydrogens (tertiary/aromatic N) is 1. The molecule has 2 aliphatic carbocycles. The highest BCUT2D eigenvalue weighted by atomic mass is 35.5. The van der Waals surface area contributed by atoms with Crippen LogP contribution in [0.3, 0.4) is 0 Å². The zero-order chi connectivity index (χ0) is 19.0. The summed E-state index contributed by atoms with van der Waals surface area (Å²) in [6.45, 7) is 0.217. The van der Waals surface area contributed by atoms with Crippen molar-refractivity contribution in [2.45, 2.75) is 57.5 Å². The SMILES string of the molecule is Cl.NC1C2CCCC1CC(C(=O)Nc1ccccc1CN1C(=O)CCC1=O)C2. The first-order valence-corrected chi connectivity index (χ1v) is 10.0. The van der Waals surface area contributed by atoms with Gasteiger partial charge in [-0.25, -0.2) is 0 Å². The monoisotopic (exact) mass is 405 g/mol. The van der Waals surface area contributed by atoms with E-state index in [-0.39, 0.29) is 61.5 Å². The van der Waals surface area contributed by atoms with Gasteiger partial charge in [-0.05, 0) is 49.1 Å². The summed E-state index contributed by atoms with van der Waals surface area (Å²) < 4.78 is 0. The van der Waals surface area contributed by atoms with Crippen LogP contribution < -0.4 is 11.1 Å². The van der Waals surface area contributed by atoms with Gasteiger partial charge in [0.25, 0.3) is 0 Å². The number of para-hydroxylation sites is 1. The third kappa shape index (κ3) is 4.08. The molecule has 1 heterocycles. The molecule has 1 aromatic carbocycles. The number of carbonyl (C=O) groups excluding carboxylic acids is 3. The van der Waals surface area contributed by atoms with Gasteiger partial charge in [-0.2, -0.15) is 0 Å². The number of nitrogens with two attached hydrogens (primary N) is 1. The van der Waals surface area contributed by atoms with Gasteiger partial charge in [-0.15, -0.1) is 12.4 Å². The summed E-state index contributed by atoms with van der Waals surface area (Å²) >= 11 is 0. The Hall–Kier alpha value is -1.92. The van der Waals surface area contributed by atoms with Crippen LogP contribution in [-0.4, -0.2) is 28.7 Å². The van der Waals surface area contributed by atoms with Crippen LogP contribution in [0.25, 0.3) is 0 Å². The van der Waals surface area contributed by atoms with E-state index in [9.17, 15) is 14.4 Å². The molecule has 28 heavy (non-hydrogen) atoms. The predicted octanol–water partition coefficient (Wildman–Crippen LogP) is 2.85. The second kappa shape index (κ2) is 8.62. The third-order valence-corrected chi connectivity index (χ3v) is 6.54. The minimum atomic E-state index is -0.143. The number of hydrogen-bond donors (Lipinski definition) is 2. The average molecular weight is 406 g/mol. The fourth-order valence-corrected chi connectivity index (χ4v) is 4.99. The first-order chi connectivity index (χ1) is 13.0. The van der Waals surface area contributed by atoms with Gasteiger partial charge in [0.1, 0.15) is 0 Å². The summed E-state index contributed by atoms with van der Waals surface area (Å²) in [6.07, 6.45) is 5.73. The topological polar surface area (TPSA) is 92.5 Å². The highest BCUT2D eigenvalue weighted by molar-refractivity contribution is 6.02. The maximum absolute atomic E-state index is 12.9. The number of hydrogen-bond acceptors (Lipinski definition) is 4. The molecule has 2 atom stereocenters. The molecular weight excluding hydrogens is 378 g/mol. The minimum absolute atomic E-state index is 0. The molecule has 7 heteroatoms. The van der Waals surface area contributed by atoms with Gasteiger partial charge in [-0.3, -0.25) is 19.3 Å². The number of amides is 3. The van der Waals surface area contributed by atoms with Crippen molar-refractivity contribution in [3.05, 3.63) is 29.8 Å². The fraction of sp³-hybridized carbons (Fsp3) is 0.571. The lowest BCUT2D eigenvalue weighted by Gasteiger charge is -2.43. The number of imide groups is 1. The number of benzene rings is 1. The molecule has 6 nitrogen and oxygen atoms in total. The summed E-state index contributed by atoms with van der Waals surface area (Å²) in [7, 11) is 0. The smallest absolute Gasteiger partial charge is 0.229 e. The Morgan fingerprint density at radius 1 is 1.07 bits per heavy atom. The van der Waals surface area contributed by atoms with E-state index in [1.165, 1.54) is 11.3 Å². The Morgan fingerprint density at radius 2 is 1.68 bits per heavy atom. The van der Waals surface area contributed by atoms with Gasteiger partial charge in [0.2, 0.25) is 17.7 Å². The standard InChI is InChI=1S/C21H27N3O3.ClH/c22-20-13-5-3-6-14(20)11-16(10-13)21(27)23-17-7-2-1-4-15(17)12-24-18(25)8-9-19(24)26;/h1-2,4,7,13-14,16,20H,3,5-6,8-12,22H2,(H,23,27);1H. The lowest BCUT2D eigenvalue weighted by Crippen LogP contribution is -2.48. The number of likely N-dealkylation sites (tertiary alicyclic amines) is 1. The summed E-state index contributed by atoms with van der Waals surface area (Å²) in [4.78, 5) is 38.0. The zero-order valence-corrected chi connectivity index (χ0v) is 16.7. The van der Waals surface area contributed by atoms with Crippen LogP contribution >= 0.6 is 12.4 Å². The van der Waals surface area contributed by atoms with Crippen LogP contribution in [0.15, 0.2) is 24.3 Å². The second-order valence-electron chi connectivity index (χ2n) is 8.22. The van der Waals surface area contributed by atoms with Gasteiger partial charge in [0.05, 0.1) is 6.54 Å². The Kier molecular flexibility index (Phi) is 6.40. The van der Waals surface area contributed by atoms with Gasteiger partial charge in [0.15, 0.2) is 0 Å². The lowest BCUT2D eigenvalue weighted by molar-refractivity contribution is -0.139. The van der Waals surface area contributed by atoms with Crippen LogP contribution in [0.1, 0.15) is 50.5 Å². The summed E-state index contributed by atoms with van der Waals surface area (Å²) in [6, 6.07) is 7.66. The van der Waals surface area contributed by atoms with Crippen LogP contribution in [0.5, 0.6) is 0 Å². The van der Waals surface area contributed by atoms with E-state index in [4.69, 9.17) is 5.73 Å². The summed E-state index contributed by atoms with van der Waals surface area (Å²) in [5, 5.41) is 3.06. The van der Waals surface area contributed by atoms with Gasteiger partial charge >= 0.3 is 0 Å². The molecule has 3 fully saturated rings. The molecule has 2 unspecified atom stereocenters. The number of rotatable bonds is 4. The van der Waals surface area contributed by atoms with E-state index in [1.54, 1.807) is 0 Å². The molecular formula is C21H28ClN3O3. The lowest BCUT2D eigenvalue weighted by atomic mass is 9.65. The number of halogens is 1. The van der Waals surface area contributed by atoms with Crippen LogP contribution in [0.2, 0.25) is 0 Å². The number of carbonyl (C=O) groups is 3. The summed E-state index contributed by atoms with van der Waals surface area (Å²) in [5.41, 5.74) is 7.82. The van der Waals surface area contributed by atoms with Gasteiger partial charge < -0.3 is 11.1 Å². The van der Waals surface area contributed by atoms with Crippen molar-refractivity contribution in [1.29, 1.82) is 0 Å². The first-order valence-electron chi connectivity index (χ1n) is 10.0. The molecule has 0 spiro atoms. The maximum atomic E-state index is 12.9. The molecule has 0 aromatic heterocycles. The maximum Gasteiger partial charge on any atom is 0.229 e. The van der Waals surface area contributed by atoms with E-state index in [2.05, 4.69) is 5.32 Å². The molecule has 1 saturated heterocycles. The first kappa shape index (κ1) is 20.8. The van der Waals surface area contributed by atoms with Crippen molar-refractivity contribution >= 4 is 35.8 Å². The van der Waals surface area contributed by atoms with E-state index in [0.717, 1.165) is 31.2 Å². The largest absolute Gasteiger partial charge is 0.327 e. The van der Waals surface area contributed by atoms with E-state index in [1.807, 2.05) is 24.3 Å². The van der Waals surface area contributed by atoms with Crippen molar-refractivity contribution in [2.24, 2.45) is 23.5 Å². The fourth-order valence-electron chi connectivity index (χ4n) is 4.99. The Labute approximate surface area is 171 Å². The van der Waals surface area contributed by atoms with Crippen LogP contribution in [0.4, 0.5) is 5.69 Å². The molecule has 2 saturated carbocycles. The van der Waals surface area contributed by atoms with E-state index in [0.29, 0.717) is 17.5 Å². The third-order valence-electron chi connectivity index (χ3n) is 6.54. The quantitative estimate of drug-likeness (QED) is 0.753. The van der Waals surface area contributed by atoms with Gasteiger partial charge in [0, 0.05) is 30.5 Å². The summed E-state index contributed by atoms with van der Waals surface area (Å²) in [5.74, 6) is 0.630. The molecule has 2 bridgehead atoms. The molecule has 1 aromatic rings. The molecule has 152 valence electrons. The number of anilines is 1. The molecule has 1 aliphatic heterocycles. The van der Waals surface area contributed by atoms with Crippen molar-refractivity contribution in [1.82, 2.24) is 4.90 Å². The van der Waals surface area contributed by atoms with E-state index >= 15 is 0 Å². The van der Waals surface area contributed by atoms with Crippen molar-refractivity contribution < 1.29 is 14.4 Å². The Morgan fingerprint density at radius 3 is 2.32 bits per heavy atom. The molecule has 3 aliphatic rings. The van der Waals surface area contributed by atoms with Crippen LogP contribution in [-0.2, 0) is 20.9 Å². The molecule has 3 amide bonds. The van der Waals surface area contributed by atoms with Crippen molar-refractivity contribution in [2.75, 3.05) is 5.32 Å². The van der Waals surface area contributed by atoms with Crippen molar-refractivity contribution in [3.8, 4) is 0 Å². The highest BCUT2D eigenvalue weighted by Crippen LogP contribution is 2.42. The van der Waals surface area contributed by atoms with E-state index < -0.39 is 0 Å². The zero-order valence-electron chi connectivity index (χ0n) is 15.9. The Balaban J connectivity index is 0.00000225. The highest BCUT2D eigenvalue weighted by Gasteiger charge is 2.40. The van der Waals surface area contributed by atoms with Crippen LogP contribution in [0, 0.1) is 17.8 Å². The molecule has 3 N–H and O–H groups in total. The number of nitrogens with one attached hydrogen (secondary N) is 1. The normalized spacial score (nSPS) is 29.4. The van der Waals surface area contributed by atoms with Crippen molar-refractivity contribution in [3.63, 3.8) is 0 Å². The number of fused-ring (bicyclic) bond motifs is 2. The minimum Gasteiger partial charge on any atom is -0.327 e. The molecule has 0 radical (unpaired) electrons. The second-order valence-corrected chi connectivity index (χ2v) is 8.22. The predicted molar refractivity (Wildman–Crippen MR) is 109 cm³/mol. The average Bonchev–Trinajstić information content (AvgIpc) is 2.95. The Bertz CT molecular complexity index is 739.